The Morgan fingerprint density at radius 3 is 2.16 bits per heavy atom. The Balaban J connectivity index is 2.69. The maximum absolute atomic E-state index is 11.4. The minimum absolute atomic E-state index is 0.0122. The highest BCUT2D eigenvalue weighted by Crippen LogP contribution is 2.27. The summed E-state index contributed by atoms with van der Waals surface area (Å²) in [6.07, 6.45) is 0. The van der Waals surface area contributed by atoms with Crippen molar-refractivity contribution in [3.8, 4) is 11.1 Å². The number of carbonyl (C=O) groups excluding carboxylic acids is 1. The number of carbonyl (C=O) groups is 2. The zero-order chi connectivity index (χ0) is 14.0. The van der Waals surface area contributed by atoms with Crippen molar-refractivity contribution >= 4 is 17.6 Å². The second-order valence-electron chi connectivity index (χ2n) is 4.02. The van der Waals surface area contributed by atoms with Gasteiger partial charge in [0.2, 0.25) is 5.91 Å². The summed E-state index contributed by atoms with van der Waals surface area (Å²) < 4.78 is 0. The van der Waals surface area contributed by atoms with Crippen molar-refractivity contribution in [3.05, 3.63) is 53.6 Å². The van der Waals surface area contributed by atoms with E-state index >= 15 is 0 Å². The van der Waals surface area contributed by atoms with E-state index in [2.05, 4.69) is 0 Å². The average molecular weight is 256 g/mol. The molecule has 0 unspecified atom stereocenters. The number of amides is 1. The first-order valence-electron chi connectivity index (χ1n) is 5.52. The van der Waals surface area contributed by atoms with Gasteiger partial charge < -0.3 is 16.6 Å². The monoisotopic (exact) mass is 256 g/mol. The Labute approximate surface area is 109 Å². The van der Waals surface area contributed by atoms with Gasteiger partial charge in [0.05, 0.1) is 11.1 Å². The molecule has 2 rings (SSSR count). The molecule has 5 nitrogen and oxygen atoms in total. The molecule has 0 aliphatic carbocycles. The lowest BCUT2D eigenvalue weighted by Gasteiger charge is -2.10. The van der Waals surface area contributed by atoms with E-state index < -0.39 is 11.9 Å². The highest BCUT2D eigenvalue weighted by molar-refractivity contribution is 6.08. The van der Waals surface area contributed by atoms with E-state index in [9.17, 15) is 14.7 Å². The van der Waals surface area contributed by atoms with Crippen molar-refractivity contribution in [3.63, 3.8) is 0 Å². The molecule has 19 heavy (non-hydrogen) atoms. The molecule has 0 atom stereocenters. The van der Waals surface area contributed by atoms with Gasteiger partial charge in [-0.3, -0.25) is 4.79 Å². The van der Waals surface area contributed by atoms with Gasteiger partial charge in [0, 0.05) is 5.69 Å². The van der Waals surface area contributed by atoms with Crippen molar-refractivity contribution < 1.29 is 14.7 Å². The fraction of sp³-hybridized carbons (Fsp3) is 0. The average Bonchev–Trinajstić information content (AvgIpc) is 2.38. The molecule has 5 heteroatoms. The number of aromatic carboxylic acids is 1. The first kappa shape index (κ1) is 12.6. The lowest BCUT2D eigenvalue weighted by Crippen LogP contribution is -2.17. The molecular weight excluding hydrogens is 244 g/mol. The van der Waals surface area contributed by atoms with Crippen LogP contribution in [0.15, 0.2) is 42.5 Å². The van der Waals surface area contributed by atoms with Crippen molar-refractivity contribution in [1.82, 2.24) is 0 Å². The fourth-order valence-corrected chi connectivity index (χ4v) is 1.89. The molecule has 0 fully saturated rings. The Morgan fingerprint density at radius 2 is 1.63 bits per heavy atom. The largest absolute Gasteiger partial charge is 0.478 e. The quantitative estimate of drug-likeness (QED) is 0.727. The smallest absolute Gasteiger partial charge is 0.337 e. The topological polar surface area (TPSA) is 106 Å². The number of hydrogen-bond acceptors (Lipinski definition) is 3. The summed E-state index contributed by atoms with van der Waals surface area (Å²) in [5.41, 5.74) is 12.4. The summed E-state index contributed by atoms with van der Waals surface area (Å²) in [7, 11) is 0. The summed E-state index contributed by atoms with van der Waals surface area (Å²) in [6, 6.07) is 11.3. The van der Waals surface area contributed by atoms with E-state index in [0.29, 0.717) is 16.8 Å². The maximum Gasteiger partial charge on any atom is 0.337 e. The zero-order valence-electron chi connectivity index (χ0n) is 9.96. The zero-order valence-corrected chi connectivity index (χ0v) is 9.96. The van der Waals surface area contributed by atoms with Crippen molar-refractivity contribution in [2.24, 2.45) is 5.73 Å². The second-order valence-corrected chi connectivity index (χ2v) is 4.02. The standard InChI is InChI=1S/C14H12N2O3/c15-9-6-4-8(5-7-9)10-2-1-3-11(13(16)17)12(10)14(18)19/h1-7H,15H2,(H2,16,17)(H,18,19). The number of nitrogens with two attached hydrogens (primary N) is 2. The van der Waals surface area contributed by atoms with Crippen molar-refractivity contribution in [2.45, 2.75) is 0 Å². The summed E-state index contributed by atoms with van der Waals surface area (Å²) in [5.74, 6) is -1.96. The Bertz CT molecular complexity index is 648. The summed E-state index contributed by atoms with van der Waals surface area (Å²) in [4.78, 5) is 22.7. The first-order chi connectivity index (χ1) is 9.00. The molecule has 0 aliphatic heterocycles. The predicted molar refractivity (Wildman–Crippen MR) is 71.8 cm³/mol. The molecular formula is C14H12N2O3. The van der Waals surface area contributed by atoms with Crippen LogP contribution in [0.4, 0.5) is 5.69 Å². The van der Waals surface area contributed by atoms with Gasteiger partial charge in [-0.1, -0.05) is 24.3 Å². The van der Waals surface area contributed by atoms with Gasteiger partial charge in [0.25, 0.3) is 0 Å². The number of rotatable bonds is 3. The minimum Gasteiger partial charge on any atom is -0.478 e. The van der Waals surface area contributed by atoms with E-state index in [1.807, 2.05) is 0 Å². The second kappa shape index (κ2) is 4.81. The number of carboxylic acid groups (broad SMARTS) is 1. The molecule has 0 radical (unpaired) electrons. The number of hydrogen-bond donors (Lipinski definition) is 3. The van der Waals surface area contributed by atoms with Gasteiger partial charge in [-0.15, -0.1) is 0 Å². The molecule has 0 saturated carbocycles. The van der Waals surface area contributed by atoms with Crippen LogP contribution in [0.3, 0.4) is 0 Å². The van der Waals surface area contributed by atoms with Crippen LogP contribution in [0.5, 0.6) is 0 Å². The predicted octanol–water partition coefficient (Wildman–Crippen LogP) is 1.73. The molecule has 0 aromatic heterocycles. The third-order valence-corrected chi connectivity index (χ3v) is 2.77. The van der Waals surface area contributed by atoms with Gasteiger partial charge in [-0.05, 0) is 29.3 Å². The van der Waals surface area contributed by atoms with Crippen molar-refractivity contribution in [2.75, 3.05) is 5.73 Å². The lowest BCUT2D eigenvalue weighted by molar-refractivity contribution is 0.0693. The maximum atomic E-state index is 11.4. The summed E-state index contributed by atoms with van der Waals surface area (Å²) >= 11 is 0. The highest BCUT2D eigenvalue weighted by atomic mass is 16.4. The minimum atomic E-state index is -1.19. The molecule has 2 aromatic rings. The molecule has 96 valence electrons. The molecule has 0 saturated heterocycles. The van der Waals surface area contributed by atoms with Crippen LogP contribution in [0.25, 0.3) is 11.1 Å². The molecule has 0 bridgehead atoms. The molecule has 1 amide bonds. The molecule has 0 heterocycles. The lowest BCUT2D eigenvalue weighted by atomic mass is 9.95. The van der Waals surface area contributed by atoms with E-state index in [-0.39, 0.29) is 11.1 Å². The number of primary amides is 1. The van der Waals surface area contributed by atoms with Crippen LogP contribution in [0, 0.1) is 0 Å². The summed E-state index contributed by atoms with van der Waals surface area (Å²) in [6.45, 7) is 0. The fourth-order valence-electron chi connectivity index (χ4n) is 1.89. The first-order valence-corrected chi connectivity index (χ1v) is 5.52. The van der Waals surface area contributed by atoms with E-state index in [1.54, 1.807) is 36.4 Å². The number of anilines is 1. The Morgan fingerprint density at radius 1 is 1.00 bits per heavy atom. The van der Waals surface area contributed by atoms with Gasteiger partial charge in [-0.25, -0.2) is 4.79 Å². The molecule has 5 N–H and O–H groups in total. The van der Waals surface area contributed by atoms with E-state index in [4.69, 9.17) is 11.5 Å². The Hall–Kier alpha value is -2.82. The van der Waals surface area contributed by atoms with Gasteiger partial charge in [0.1, 0.15) is 0 Å². The molecule has 2 aromatic carbocycles. The van der Waals surface area contributed by atoms with Gasteiger partial charge in [-0.2, -0.15) is 0 Å². The van der Waals surface area contributed by atoms with E-state index in [1.165, 1.54) is 6.07 Å². The summed E-state index contributed by atoms with van der Waals surface area (Å²) in [5, 5.41) is 9.28. The third-order valence-electron chi connectivity index (χ3n) is 2.77. The van der Waals surface area contributed by atoms with Gasteiger partial charge >= 0.3 is 5.97 Å². The number of carboxylic acids is 1. The number of nitrogen functional groups attached to an aromatic ring is 1. The number of benzene rings is 2. The van der Waals surface area contributed by atoms with E-state index in [0.717, 1.165) is 0 Å². The van der Waals surface area contributed by atoms with Crippen LogP contribution in [0.2, 0.25) is 0 Å². The third kappa shape index (κ3) is 2.40. The van der Waals surface area contributed by atoms with Gasteiger partial charge in [0.15, 0.2) is 0 Å². The van der Waals surface area contributed by atoms with Crippen LogP contribution in [-0.2, 0) is 0 Å². The molecule has 0 spiro atoms. The molecule has 0 aliphatic rings. The van der Waals surface area contributed by atoms with Crippen molar-refractivity contribution in [1.29, 1.82) is 0 Å². The highest BCUT2D eigenvalue weighted by Gasteiger charge is 2.19. The van der Waals surface area contributed by atoms with Crippen LogP contribution < -0.4 is 11.5 Å². The SMILES string of the molecule is NC(=O)c1cccc(-c2ccc(N)cc2)c1C(=O)O. The normalized spacial score (nSPS) is 10.1. The van der Waals surface area contributed by atoms with Crippen LogP contribution >= 0.6 is 0 Å². The van der Waals surface area contributed by atoms with Crippen LogP contribution in [-0.4, -0.2) is 17.0 Å². The van der Waals surface area contributed by atoms with Crippen LogP contribution in [0.1, 0.15) is 20.7 Å². The Kier molecular flexibility index (Phi) is 3.20.